The van der Waals surface area contributed by atoms with Crippen molar-refractivity contribution in [1.82, 2.24) is 5.32 Å². The molecule has 0 saturated carbocycles. The Kier molecular flexibility index (Phi) is 4.57. The molecule has 0 fully saturated rings. The molecule has 1 aromatic carbocycles. The SMILES string of the molecule is C=CCCNCc1cccc(C(=O)O)c1. The Bertz CT molecular complexity index is 347. The number of carboxylic acids is 1. The fourth-order valence-corrected chi connectivity index (χ4v) is 1.25. The molecule has 0 aliphatic heterocycles. The maximum atomic E-state index is 10.7. The van der Waals surface area contributed by atoms with Crippen LogP contribution in [0.2, 0.25) is 0 Å². The number of nitrogens with one attached hydrogen (secondary N) is 1. The van der Waals surface area contributed by atoms with Gasteiger partial charge in [0.1, 0.15) is 0 Å². The molecule has 0 saturated heterocycles. The van der Waals surface area contributed by atoms with Gasteiger partial charge in [0.05, 0.1) is 5.56 Å². The van der Waals surface area contributed by atoms with Gasteiger partial charge in [0.2, 0.25) is 0 Å². The number of carbonyl (C=O) groups is 1. The van der Waals surface area contributed by atoms with E-state index >= 15 is 0 Å². The first-order chi connectivity index (χ1) is 7.24. The second kappa shape index (κ2) is 5.98. The van der Waals surface area contributed by atoms with E-state index in [1.807, 2.05) is 12.1 Å². The fourth-order valence-electron chi connectivity index (χ4n) is 1.25. The van der Waals surface area contributed by atoms with Crippen LogP contribution in [0.15, 0.2) is 36.9 Å². The first-order valence-electron chi connectivity index (χ1n) is 4.88. The van der Waals surface area contributed by atoms with Crippen LogP contribution in [0.25, 0.3) is 0 Å². The van der Waals surface area contributed by atoms with Crippen molar-refractivity contribution in [3.63, 3.8) is 0 Å². The molecule has 0 aliphatic rings. The molecule has 0 spiro atoms. The predicted molar refractivity (Wildman–Crippen MR) is 59.9 cm³/mol. The highest BCUT2D eigenvalue weighted by atomic mass is 16.4. The summed E-state index contributed by atoms with van der Waals surface area (Å²) in [4.78, 5) is 10.7. The molecule has 3 heteroatoms. The summed E-state index contributed by atoms with van der Waals surface area (Å²) in [6, 6.07) is 6.94. The van der Waals surface area contributed by atoms with Crippen LogP contribution in [0.1, 0.15) is 22.3 Å². The summed E-state index contributed by atoms with van der Waals surface area (Å²) < 4.78 is 0. The van der Waals surface area contributed by atoms with Gasteiger partial charge in [-0.1, -0.05) is 18.2 Å². The van der Waals surface area contributed by atoms with Gasteiger partial charge in [0.25, 0.3) is 0 Å². The largest absolute Gasteiger partial charge is 0.478 e. The van der Waals surface area contributed by atoms with Crippen LogP contribution < -0.4 is 5.32 Å². The molecule has 0 amide bonds. The Labute approximate surface area is 89.4 Å². The van der Waals surface area contributed by atoms with Crippen molar-refractivity contribution in [2.24, 2.45) is 0 Å². The van der Waals surface area contributed by atoms with Crippen molar-refractivity contribution < 1.29 is 9.90 Å². The molecular weight excluding hydrogens is 190 g/mol. The first-order valence-corrected chi connectivity index (χ1v) is 4.88. The summed E-state index contributed by atoms with van der Waals surface area (Å²) in [6.45, 7) is 5.18. The molecule has 2 N–H and O–H groups in total. The average molecular weight is 205 g/mol. The molecule has 15 heavy (non-hydrogen) atoms. The van der Waals surface area contributed by atoms with Crippen molar-refractivity contribution in [2.45, 2.75) is 13.0 Å². The highest BCUT2D eigenvalue weighted by Crippen LogP contribution is 2.04. The van der Waals surface area contributed by atoms with Gasteiger partial charge in [-0.15, -0.1) is 6.58 Å². The smallest absolute Gasteiger partial charge is 0.335 e. The second-order valence-corrected chi connectivity index (χ2v) is 3.26. The van der Waals surface area contributed by atoms with Crippen LogP contribution in [0.4, 0.5) is 0 Å². The van der Waals surface area contributed by atoms with E-state index < -0.39 is 5.97 Å². The van der Waals surface area contributed by atoms with E-state index in [1.165, 1.54) is 0 Å². The summed E-state index contributed by atoms with van der Waals surface area (Å²) in [5, 5.41) is 12.0. The lowest BCUT2D eigenvalue weighted by Crippen LogP contribution is -2.14. The number of rotatable bonds is 6. The normalized spacial score (nSPS) is 9.87. The summed E-state index contributed by atoms with van der Waals surface area (Å²) >= 11 is 0. The van der Waals surface area contributed by atoms with Crippen LogP contribution in [0.3, 0.4) is 0 Å². The molecule has 80 valence electrons. The third-order valence-corrected chi connectivity index (χ3v) is 2.03. The summed E-state index contributed by atoms with van der Waals surface area (Å²) in [6.07, 6.45) is 2.76. The van der Waals surface area contributed by atoms with Crippen molar-refractivity contribution in [3.05, 3.63) is 48.0 Å². The van der Waals surface area contributed by atoms with Crippen molar-refractivity contribution in [1.29, 1.82) is 0 Å². The van der Waals surface area contributed by atoms with Gasteiger partial charge in [0.15, 0.2) is 0 Å². The number of hydrogen-bond acceptors (Lipinski definition) is 2. The molecule has 0 atom stereocenters. The van der Waals surface area contributed by atoms with Crippen molar-refractivity contribution in [2.75, 3.05) is 6.54 Å². The molecular formula is C12H15NO2. The van der Waals surface area contributed by atoms with Gasteiger partial charge in [-0.2, -0.15) is 0 Å². The van der Waals surface area contributed by atoms with Crippen LogP contribution in [0.5, 0.6) is 0 Å². The number of aromatic carboxylic acids is 1. The monoisotopic (exact) mass is 205 g/mol. The maximum Gasteiger partial charge on any atom is 0.335 e. The minimum Gasteiger partial charge on any atom is -0.478 e. The van der Waals surface area contributed by atoms with Gasteiger partial charge < -0.3 is 10.4 Å². The topological polar surface area (TPSA) is 49.3 Å². The number of benzene rings is 1. The maximum absolute atomic E-state index is 10.7. The quantitative estimate of drug-likeness (QED) is 0.552. The van der Waals surface area contributed by atoms with E-state index in [9.17, 15) is 4.79 Å². The van der Waals surface area contributed by atoms with E-state index in [-0.39, 0.29) is 0 Å². The van der Waals surface area contributed by atoms with Crippen LogP contribution in [-0.2, 0) is 6.54 Å². The zero-order chi connectivity index (χ0) is 11.1. The predicted octanol–water partition coefficient (Wildman–Crippen LogP) is 2.05. The van der Waals surface area contributed by atoms with E-state index in [2.05, 4.69) is 11.9 Å². The lowest BCUT2D eigenvalue weighted by molar-refractivity contribution is 0.0697. The Morgan fingerprint density at radius 1 is 1.53 bits per heavy atom. The Balaban J connectivity index is 2.50. The third-order valence-electron chi connectivity index (χ3n) is 2.03. The van der Waals surface area contributed by atoms with E-state index in [0.29, 0.717) is 12.1 Å². The molecule has 1 aromatic rings. The average Bonchev–Trinajstić information content (AvgIpc) is 2.25. The van der Waals surface area contributed by atoms with Crippen molar-refractivity contribution >= 4 is 5.97 Å². The Morgan fingerprint density at radius 3 is 3.00 bits per heavy atom. The second-order valence-electron chi connectivity index (χ2n) is 3.26. The third kappa shape index (κ3) is 3.95. The lowest BCUT2D eigenvalue weighted by atomic mass is 10.1. The zero-order valence-electron chi connectivity index (χ0n) is 8.57. The van der Waals surface area contributed by atoms with Gasteiger partial charge >= 0.3 is 5.97 Å². The minimum atomic E-state index is -0.886. The van der Waals surface area contributed by atoms with Crippen LogP contribution >= 0.6 is 0 Å². The van der Waals surface area contributed by atoms with E-state index in [4.69, 9.17) is 5.11 Å². The molecule has 0 unspecified atom stereocenters. The summed E-state index contributed by atoms with van der Waals surface area (Å²) in [5.74, 6) is -0.886. The molecule has 1 rings (SSSR count). The molecule has 0 bridgehead atoms. The van der Waals surface area contributed by atoms with E-state index in [1.54, 1.807) is 18.2 Å². The Hall–Kier alpha value is -1.61. The molecule has 0 radical (unpaired) electrons. The number of carboxylic acid groups (broad SMARTS) is 1. The Morgan fingerprint density at radius 2 is 2.33 bits per heavy atom. The van der Waals surface area contributed by atoms with Gasteiger partial charge in [-0.05, 0) is 30.7 Å². The molecule has 3 nitrogen and oxygen atoms in total. The highest BCUT2D eigenvalue weighted by molar-refractivity contribution is 5.87. The van der Waals surface area contributed by atoms with Gasteiger partial charge in [-0.25, -0.2) is 4.79 Å². The molecule has 0 aromatic heterocycles. The highest BCUT2D eigenvalue weighted by Gasteiger charge is 2.02. The first kappa shape index (κ1) is 11.5. The minimum absolute atomic E-state index is 0.332. The summed E-state index contributed by atoms with van der Waals surface area (Å²) in [7, 11) is 0. The van der Waals surface area contributed by atoms with E-state index in [0.717, 1.165) is 18.5 Å². The standard InChI is InChI=1S/C12H15NO2/c1-2-3-7-13-9-10-5-4-6-11(8-10)12(14)15/h2,4-6,8,13H,1,3,7,9H2,(H,14,15). The summed E-state index contributed by atoms with van der Waals surface area (Å²) in [5.41, 5.74) is 1.32. The lowest BCUT2D eigenvalue weighted by Gasteiger charge is -2.04. The van der Waals surface area contributed by atoms with Gasteiger partial charge in [0, 0.05) is 6.54 Å². The van der Waals surface area contributed by atoms with Crippen molar-refractivity contribution in [3.8, 4) is 0 Å². The van der Waals surface area contributed by atoms with Crippen LogP contribution in [-0.4, -0.2) is 17.6 Å². The fraction of sp³-hybridized carbons (Fsp3) is 0.250. The number of hydrogen-bond donors (Lipinski definition) is 2. The molecule has 0 aliphatic carbocycles. The van der Waals surface area contributed by atoms with Gasteiger partial charge in [-0.3, -0.25) is 0 Å². The van der Waals surface area contributed by atoms with Crippen LogP contribution in [0, 0.1) is 0 Å². The zero-order valence-corrected chi connectivity index (χ0v) is 8.57. The molecule has 0 heterocycles.